The molecule has 30 heavy (non-hydrogen) atoms. The number of fused-ring (bicyclic) bond motifs is 1. The number of para-hydroxylation sites is 1. The number of aryl methyl sites for hydroxylation is 1. The summed E-state index contributed by atoms with van der Waals surface area (Å²) >= 11 is 0. The Hall–Kier alpha value is -2.07. The molecule has 0 atom stereocenters. The van der Waals surface area contributed by atoms with Gasteiger partial charge in [0.25, 0.3) is 0 Å². The molecule has 0 bridgehead atoms. The summed E-state index contributed by atoms with van der Waals surface area (Å²) in [4.78, 5) is 8.31. The Balaban J connectivity index is 0.00000320. The average molecular weight is 540 g/mol. The Morgan fingerprint density at radius 3 is 2.60 bits per heavy atom. The molecule has 3 N–H and O–H groups in total. The van der Waals surface area contributed by atoms with E-state index in [0.29, 0.717) is 11.4 Å². The van der Waals surface area contributed by atoms with E-state index in [4.69, 9.17) is 0 Å². The van der Waals surface area contributed by atoms with E-state index >= 15 is 0 Å². The quantitative estimate of drug-likeness (QED) is 0.242. The van der Waals surface area contributed by atoms with E-state index in [0.717, 1.165) is 42.1 Å². The van der Waals surface area contributed by atoms with Gasteiger partial charge in [-0.05, 0) is 49.1 Å². The molecule has 1 heterocycles. The van der Waals surface area contributed by atoms with E-state index in [1.807, 2.05) is 32.0 Å². The maximum Gasteiger partial charge on any atom is 0.191 e. The highest BCUT2D eigenvalue weighted by atomic mass is 127. The summed E-state index contributed by atoms with van der Waals surface area (Å²) in [5.41, 5.74) is 4.15. The van der Waals surface area contributed by atoms with Crippen molar-refractivity contribution in [3.63, 3.8) is 0 Å². The van der Waals surface area contributed by atoms with Crippen molar-refractivity contribution in [2.75, 3.05) is 19.3 Å². The monoisotopic (exact) mass is 540 g/mol. The van der Waals surface area contributed by atoms with E-state index in [2.05, 4.69) is 45.0 Å². The number of guanidine groups is 1. The van der Waals surface area contributed by atoms with Crippen LogP contribution < -0.4 is 10.6 Å². The fraction of sp³-hybridized carbons (Fsp3) is 0.318. The lowest BCUT2D eigenvalue weighted by molar-refractivity contribution is 0.601. The van der Waals surface area contributed by atoms with Crippen LogP contribution in [0.15, 0.2) is 58.5 Å². The van der Waals surface area contributed by atoms with Gasteiger partial charge >= 0.3 is 0 Å². The van der Waals surface area contributed by atoms with Crippen LogP contribution in [0.5, 0.6) is 0 Å². The van der Waals surface area contributed by atoms with Crippen LogP contribution in [0.3, 0.4) is 0 Å². The number of halogens is 1. The van der Waals surface area contributed by atoms with Gasteiger partial charge in [0.1, 0.15) is 0 Å². The zero-order valence-corrected chi connectivity index (χ0v) is 20.7. The topological polar surface area (TPSA) is 86.3 Å². The number of aromatic amines is 1. The number of benzene rings is 2. The Kier molecular flexibility index (Phi) is 8.72. The summed E-state index contributed by atoms with van der Waals surface area (Å²) in [5, 5.41) is 7.88. The van der Waals surface area contributed by atoms with E-state index in [9.17, 15) is 8.42 Å². The van der Waals surface area contributed by atoms with E-state index < -0.39 is 9.84 Å². The van der Waals surface area contributed by atoms with Crippen LogP contribution in [-0.4, -0.2) is 38.7 Å². The van der Waals surface area contributed by atoms with Gasteiger partial charge in [0, 0.05) is 36.4 Å². The number of H-pyrrole nitrogens is 1. The minimum absolute atomic E-state index is 0. The molecule has 1 aromatic heterocycles. The Bertz CT molecular complexity index is 1120. The molecular weight excluding hydrogens is 511 g/mol. The first-order valence-electron chi connectivity index (χ1n) is 9.75. The number of hydrogen-bond acceptors (Lipinski definition) is 3. The number of nitrogens with zero attached hydrogens (tertiary/aromatic N) is 1. The third kappa shape index (κ3) is 6.21. The highest BCUT2D eigenvalue weighted by Gasteiger charge is 2.11. The smallest absolute Gasteiger partial charge is 0.191 e. The van der Waals surface area contributed by atoms with Crippen LogP contribution in [-0.2, 0) is 22.8 Å². The number of sulfone groups is 1. The zero-order valence-electron chi connectivity index (χ0n) is 17.5. The molecule has 0 amide bonds. The Morgan fingerprint density at radius 2 is 1.90 bits per heavy atom. The maximum absolute atomic E-state index is 11.8. The Labute approximate surface area is 195 Å². The molecule has 0 aliphatic heterocycles. The van der Waals surface area contributed by atoms with Crippen molar-refractivity contribution in [3.05, 3.63) is 65.4 Å². The van der Waals surface area contributed by atoms with Gasteiger partial charge < -0.3 is 15.6 Å². The second-order valence-electron chi connectivity index (χ2n) is 7.10. The normalized spacial score (nSPS) is 11.9. The zero-order chi connectivity index (χ0) is 20.9. The highest BCUT2D eigenvalue weighted by molar-refractivity contribution is 14.0. The largest absolute Gasteiger partial charge is 0.361 e. The van der Waals surface area contributed by atoms with Crippen LogP contribution in [0.4, 0.5) is 0 Å². The first-order chi connectivity index (χ1) is 13.9. The molecule has 2 aromatic carbocycles. The molecule has 0 aliphatic carbocycles. The third-order valence-corrected chi connectivity index (χ3v) is 6.02. The van der Waals surface area contributed by atoms with Gasteiger partial charge in [0.05, 0.1) is 11.4 Å². The molecular formula is C22H29IN4O2S. The molecule has 6 nitrogen and oxygen atoms in total. The predicted molar refractivity (Wildman–Crippen MR) is 135 cm³/mol. The molecule has 162 valence electrons. The number of rotatable bonds is 7. The number of nitrogens with one attached hydrogen (secondary N) is 3. The van der Waals surface area contributed by atoms with Crippen LogP contribution in [0.25, 0.3) is 10.9 Å². The molecule has 0 aliphatic rings. The van der Waals surface area contributed by atoms with Gasteiger partial charge in [-0.2, -0.15) is 0 Å². The molecule has 0 saturated heterocycles. The van der Waals surface area contributed by atoms with Crippen molar-refractivity contribution in [1.29, 1.82) is 0 Å². The summed E-state index contributed by atoms with van der Waals surface area (Å²) in [5.74, 6) is 0.747. The van der Waals surface area contributed by atoms with Gasteiger partial charge in [-0.1, -0.05) is 30.3 Å². The molecule has 0 spiro atoms. The lowest BCUT2D eigenvalue weighted by atomic mass is 10.1. The predicted octanol–water partition coefficient (Wildman–Crippen LogP) is 3.80. The van der Waals surface area contributed by atoms with Crippen molar-refractivity contribution in [1.82, 2.24) is 15.6 Å². The number of hydrogen-bond donors (Lipinski definition) is 3. The minimum atomic E-state index is -3.20. The van der Waals surface area contributed by atoms with Crippen LogP contribution in [0.2, 0.25) is 0 Å². The van der Waals surface area contributed by atoms with Crippen molar-refractivity contribution in [2.24, 2.45) is 4.99 Å². The van der Waals surface area contributed by atoms with Crippen molar-refractivity contribution >= 4 is 50.7 Å². The molecule has 0 radical (unpaired) electrons. The van der Waals surface area contributed by atoms with Gasteiger partial charge in [-0.3, -0.25) is 0 Å². The van der Waals surface area contributed by atoms with Crippen LogP contribution in [0, 0.1) is 6.92 Å². The number of aromatic nitrogens is 1. The van der Waals surface area contributed by atoms with Gasteiger partial charge in [0.2, 0.25) is 0 Å². The minimum Gasteiger partial charge on any atom is -0.361 e. The molecule has 8 heteroatoms. The van der Waals surface area contributed by atoms with Gasteiger partial charge in [-0.25, -0.2) is 13.4 Å². The lowest BCUT2D eigenvalue weighted by Crippen LogP contribution is -2.38. The van der Waals surface area contributed by atoms with Crippen LogP contribution in [0.1, 0.15) is 23.6 Å². The summed E-state index contributed by atoms with van der Waals surface area (Å²) in [6.45, 7) is 5.86. The van der Waals surface area contributed by atoms with E-state index in [1.165, 1.54) is 17.2 Å². The lowest BCUT2D eigenvalue weighted by Gasteiger charge is -2.11. The Morgan fingerprint density at radius 1 is 1.13 bits per heavy atom. The average Bonchev–Trinajstić information content (AvgIpc) is 3.08. The van der Waals surface area contributed by atoms with Gasteiger partial charge in [0.15, 0.2) is 15.8 Å². The first kappa shape index (κ1) is 24.2. The highest BCUT2D eigenvalue weighted by Crippen LogP contribution is 2.18. The summed E-state index contributed by atoms with van der Waals surface area (Å²) in [6, 6.07) is 13.7. The molecule has 0 unspecified atom stereocenters. The fourth-order valence-electron chi connectivity index (χ4n) is 3.39. The second-order valence-corrected chi connectivity index (χ2v) is 9.09. The molecule has 0 saturated carbocycles. The standard InChI is InChI=1S/C22H28N4O2S.HI/c1-4-23-22(24-12-11-18-15-25-20-8-6-5-7-19(18)20)26-14-17-9-10-21(16(2)13-17)29(3,27)28;/h5-10,13,15,25H,4,11-12,14H2,1-3H3,(H2,23,24,26);1H. The summed E-state index contributed by atoms with van der Waals surface area (Å²) < 4.78 is 23.5. The maximum atomic E-state index is 11.8. The van der Waals surface area contributed by atoms with Crippen molar-refractivity contribution in [3.8, 4) is 0 Å². The van der Waals surface area contributed by atoms with E-state index in [-0.39, 0.29) is 24.0 Å². The third-order valence-electron chi connectivity index (χ3n) is 4.76. The summed E-state index contributed by atoms with van der Waals surface area (Å²) in [6.07, 6.45) is 4.17. The summed E-state index contributed by atoms with van der Waals surface area (Å²) in [7, 11) is -3.20. The van der Waals surface area contributed by atoms with Crippen molar-refractivity contribution in [2.45, 2.75) is 31.7 Å². The molecule has 3 aromatic rings. The molecule has 0 fully saturated rings. The second kappa shape index (κ2) is 10.8. The van der Waals surface area contributed by atoms with Crippen LogP contribution >= 0.6 is 24.0 Å². The fourth-order valence-corrected chi connectivity index (χ4v) is 4.35. The molecule has 3 rings (SSSR count). The van der Waals surface area contributed by atoms with Gasteiger partial charge in [-0.15, -0.1) is 24.0 Å². The number of aliphatic imine (C=N–C) groups is 1. The van der Waals surface area contributed by atoms with Crippen molar-refractivity contribution < 1.29 is 8.42 Å². The SMILES string of the molecule is CCNC(=NCc1ccc(S(C)(=O)=O)c(C)c1)NCCc1c[nH]c2ccccc12.I. The van der Waals surface area contributed by atoms with E-state index in [1.54, 1.807) is 6.07 Å². The first-order valence-corrected chi connectivity index (χ1v) is 11.6.